The van der Waals surface area contributed by atoms with Crippen molar-refractivity contribution in [3.8, 4) is 0 Å². The van der Waals surface area contributed by atoms with Crippen molar-refractivity contribution in [1.82, 2.24) is 0 Å². The second kappa shape index (κ2) is 18.5. The van der Waals surface area contributed by atoms with Gasteiger partial charge in [0.2, 0.25) is 0 Å². The average molecular weight is 963 g/mol. The van der Waals surface area contributed by atoms with E-state index in [-0.39, 0.29) is 10.1 Å². The Balaban J connectivity index is 0.000000238. The summed E-state index contributed by atoms with van der Waals surface area (Å²) in [5.41, 5.74) is 14.0. The van der Waals surface area contributed by atoms with Crippen LogP contribution < -0.4 is 25.9 Å². The third kappa shape index (κ3) is 8.94. The van der Waals surface area contributed by atoms with E-state index in [1.54, 1.807) is 59.4 Å². The molecule has 4 atom stereocenters. The number of allylic oxidation sites excluding steroid dienone is 8. The summed E-state index contributed by atoms with van der Waals surface area (Å²) >= 11 is -4.29. The van der Waals surface area contributed by atoms with Gasteiger partial charge in [0.25, 0.3) is 0 Å². The molecule has 0 saturated carbocycles. The van der Waals surface area contributed by atoms with Gasteiger partial charge in [0, 0.05) is 0 Å². The van der Waals surface area contributed by atoms with Gasteiger partial charge in [0.05, 0.1) is 0 Å². The van der Waals surface area contributed by atoms with Crippen LogP contribution in [-0.2, 0) is 46.0 Å². The van der Waals surface area contributed by atoms with Crippen LogP contribution in [0.3, 0.4) is 0 Å². The molecule has 0 N–H and O–H groups in total. The Morgan fingerprint density at radius 1 is 0.413 bits per heavy atom. The predicted octanol–water partition coefficient (Wildman–Crippen LogP) is 15.1. The quantitative estimate of drug-likeness (QED) is 0.131. The Morgan fingerprint density at radius 3 is 1.06 bits per heavy atom. The van der Waals surface area contributed by atoms with Gasteiger partial charge in [-0.2, -0.15) is 0 Å². The van der Waals surface area contributed by atoms with Crippen LogP contribution in [0, 0.1) is 6.92 Å². The second-order valence-corrected chi connectivity index (χ2v) is 52.8. The Morgan fingerprint density at radius 2 is 0.746 bits per heavy atom. The van der Waals surface area contributed by atoms with Crippen molar-refractivity contribution in [3.63, 3.8) is 0 Å². The summed E-state index contributed by atoms with van der Waals surface area (Å²) < 4.78 is 3.67. The first-order chi connectivity index (χ1) is 29.0. The van der Waals surface area contributed by atoms with Gasteiger partial charge < -0.3 is 0 Å². The molecule has 6 rings (SSSR count). The Hall–Kier alpha value is -2.08. The van der Waals surface area contributed by atoms with Gasteiger partial charge in [-0.25, -0.2) is 0 Å². The fraction of sp³-hybridized carbons (Fsp3) is 0.448. The standard InChI is InChI=1S/C26H35Si2.C26H33Si.6CH3.2Ti/c1-19-15-24(27(6,7)8)17-25(16-19)28(9,23-13-11-10-12-14-23)26(5)18-20(2)21(3)22(26)4;1-8-22-15-23(9-2)17-25(16-22)27(7,24-13-11-10-12-14-24)26(6)18-19(3)20(4)21(26)5;;;;;;;;/h10-17H,1-9H3;10-17H,8-9H2,1-7H3;6*1H3;;. The zero-order chi connectivity index (χ0) is 47.5. The molecule has 2 aliphatic rings. The van der Waals surface area contributed by atoms with Crippen molar-refractivity contribution in [2.75, 3.05) is 0 Å². The summed E-state index contributed by atoms with van der Waals surface area (Å²) in [5.74, 6) is 0. The Bertz CT molecular complexity index is 2460. The molecule has 0 amide bonds. The molecule has 2 aliphatic carbocycles. The summed E-state index contributed by atoms with van der Waals surface area (Å²) in [7, 11) is -5.80. The van der Waals surface area contributed by atoms with Gasteiger partial charge in [0.15, 0.2) is 0 Å². The van der Waals surface area contributed by atoms with Crippen LogP contribution in [0.2, 0.25) is 74.2 Å². The Kier molecular flexibility index (Phi) is 15.3. The molecule has 5 heteroatoms. The van der Waals surface area contributed by atoms with Gasteiger partial charge in [-0.1, -0.05) is 0 Å². The number of hydrogen-bond donors (Lipinski definition) is 0. The molecule has 0 aliphatic heterocycles. The first-order valence-corrected chi connectivity index (χ1v) is 43.6. The molecular weight excluding hydrogens is 877 g/mol. The molecule has 0 spiro atoms. The fourth-order valence-electron chi connectivity index (χ4n) is 12.7. The van der Waals surface area contributed by atoms with Gasteiger partial charge in [-0.05, 0) is 0 Å². The van der Waals surface area contributed by atoms with Crippen molar-refractivity contribution in [1.29, 1.82) is 0 Å². The van der Waals surface area contributed by atoms with Crippen LogP contribution in [0.15, 0.2) is 138 Å². The van der Waals surface area contributed by atoms with Crippen LogP contribution in [0.1, 0.15) is 85.9 Å². The topological polar surface area (TPSA) is 0 Å². The molecule has 0 heterocycles. The molecule has 0 aromatic heterocycles. The fourth-order valence-corrected chi connectivity index (χ4v) is 38.7. The molecule has 4 aromatic rings. The normalized spacial score (nSPS) is 21.7. The summed E-state index contributed by atoms with van der Waals surface area (Å²) in [4.78, 5) is 0. The zero-order valence-electron chi connectivity index (χ0n) is 44.2. The number of rotatable bonds is 11. The summed E-state index contributed by atoms with van der Waals surface area (Å²) in [5, 5.41) is 23.8. The van der Waals surface area contributed by atoms with Gasteiger partial charge in [-0.15, -0.1) is 0 Å². The van der Waals surface area contributed by atoms with Gasteiger partial charge in [0.1, 0.15) is 0 Å². The van der Waals surface area contributed by atoms with Crippen molar-refractivity contribution in [2.24, 2.45) is 0 Å². The van der Waals surface area contributed by atoms with E-state index in [9.17, 15) is 0 Å². The van der Waals surface area contributed by atoms with Crippen molar-refractivity contribution < 1.29 is 33.2 Å². The van der Waals surface area contributed by atoms with E-state index < -0.39 is 57.4 Å². The van der Waals surface area contributed by atoms with E-state index in [4.69, 9.17) is 0 Å². The van der Waals surface area contributed by atoms with Crippen LogP contribution >= 0.6 is 0 Å². The van der Waals surface area contributed by atoms with E-state index in [1.807, 2.05) is 7.76 Å². The maximum absolute atomic E-state index is 2.68. The number of hydrogen-bond acceptors (Lipinski definition) is 0. The van der Waals surface area contributed by atoms with Crippen molar-refractivity contribution >= 4 is 50.2 Å². The van der Waals surface area contributed by atoms with Gasteiger partial charge in [-0.3, -0.25) is 0 Å². The third-order valence-corrected chi connectivity index (χ3v) is 38.0. The minimum atomic E-state index is -2.20. The molecule has 0 nitrogen and oxygen atoms in total. The average Bonchev–Trinajstić information content (AvgIpc) is 3.53. The van der Waals surface area contributed by atoms with Crippen LogP contribution in [0.4, 0.5) is 0 Å². The SMILES string of the molecule is CC1=C(C)C(C)([Si](C)(c2ccccc2)c2cc(C)cc([Si](C)(C)C)c2)[C]([Ti]([CH3])([CH3])[CH3])=C1C.CCc1cc(CC)cc([Si](C)(c2ccccc2)C2(C)C(C)=C(C)C(C)=[C]2[Ti]([CH3])([CH3])[CH3])c1. The van der Waals surface area contributed by atoms with E-state index in [1.165, 1.54) is 16.7 Å². The summed E-state index contributed by atoms with van der Waals surface area (Å²) in [6.45, 7) is 39.4. The molecular formula is C58H86Si3Ti2. The molecule has 0 saturated heterocycles. The van der Waals surface area contributed by atoms with E-state index in [0.717, 1.165) is 12.8 Å². The van der Waals surface area contributed by atoms with Crippen molar-refractivity contribution in [2.45, 2.75) is 163 Å². The molecule has 4 unspecified atom stereocenters. The minimum absolute atomic E-state index is 0.116. The first-order valence-electron chi connectivity index (χ1n) is 24.2. The Labute approximate surface area is 398 Å². The van der Waals surface area contributed by atoms with Crippen LogP contribution in [0.25, 0.3) is 0 Å². The number of benzene rings is 4. The zero-order valence-corrected chi connectivity index (χ0v) is 50.3. The van der Waals surface area contributed by atoms with Gasteiger partial charge >= 0.3 is 401 Å². The monoisotopic (exact) mass is 962 g/mol. The summed E-state index contributed by atoms with van der Waals surface area (Å²) in [6.07, 6.45) is 2.20. The molecule has 63 heavy (non-hydrogen) atoms. The van der Waals surface area contributed by atoms with Crippen molar-refractivity contribution in [3.05, 3.63) is 155 Å². The van der Waals surface area contributed by atoms with E-state index in [2.05, 4.69) is 237 Å². The number of aryl methyl sites for hydroxylation is 3. The molecule has 338 valence electrons. The third-order valence-electron chi connectivity index (χ3n) is 16.7. The van der Waals surface area contributed by atoms with Crippen LogP contribution in [0.5, 0.6) is 0 Å². The van der Waals surface area contributed by atoms with E-state index in [0.29, 0.717) is 0 Å². The van der Waals surface area contributed by atoms with Crippen LogP contribution in [-0.4, -0.2) is 24.2 Å². The van der Waals surface area contributed by atoms with E-state index >= 15 is 0 Å². The maximum atomic E-state index is 2.68. The predicted molar refractivity (Wildman–Crippen MR) is 288 cm³/mol. The molecule has 4 aromatic carbocycles. The molecule has 0 bridgehead atoms. The first kappa shape index (κ1) is 51.9. The molecule has 0 radical (unpaired) electrons. The second-order valence-electron chi connectivity index (χ2n) is 23.3. The molecule has 0 fully saturated rings. The summed E-state index contributed by atoms with van der Waals surface area (Å²) in [6, 6.07) is 38.3.